The number of carbonyl (C=O) groups excluding carboxylic acids is 2. The number of hydrogen-bond acceptors (Lipinski definition) is 6. The molecule has 1 aromatic carbocycles. The molecule has 0 radical (unpaired) electrons. The van der Waals surface area contributed by atoms with Crippen LogP contribution in [0, 0.1) is 22.0 Å². The predicted octanol–water partition coefficient (Wildman–Crippen LogP) is 3.96. The molecule has 2 rings (SSSR count). The lowest BCUT2D eigenvalue weighted by Crippen LogP contribution is -2.40. The number of ether oxygens (including phenoxy) is 1. The molecule has 1 saturated carbocycles. The van der Waals surface area contributed by atoms with E-state index in [1.165, 1.54) is 24.3 Å². The first-order valence-electron chi connectivity index (χ1n) is 8.56. The molecule has 0 aromatic heterocycles. The van der Waals surface area contributed by atoms with Crippen molar-refractivity contribution in [2.45, 2.75) is 47.0 Å². The summed E-state index contributed by atoms with van der Waals surface area (Å²) >= 11 is 0. The number of rotatable bonds is 6. The normalized spacial score (nSPS) is 24.8. The molecule has 1 aliphatic carbocycles. The molecular weight excluding hydrogens is 322 g/mol. The molecule has 25 heavy (non-hydrogen) atoms. The van der Waals surface area contributed by atoms with E-state index in [-0.39, 0.29) is 46.1 Å². The van der Waals surface area contributed by atoms with Gasteiger partial charge in [0.05, 0.1) is 17.9 Å². The number of benzene rings is 1. The molecule has 1 aliphatic rings. The first-order valence-corrected chi connectivity index (χ1v) is 8.56. The highest BCUT2D eigenvalue weighted by atomic mass is 16.8. The van der Waals surface area contributed by atoms with E-state index < -0.39 is 5.97 Å². The van der Waals surface area contributed by atoms with Gasteiger partial charge >= 0.3 is 5.97 Å². The van der Waals surface area contributed by atoms with Crippen LogP contribution in [0.2, 0.25) is 0 Å². The molecule has 0 unspecified atom stereocenters. The van der Waals surface area contributed by atoms with E-state index in [2.05, 4.69) is 20.8 Å². The van der Waals surface area contributed by atoms with Gasteiger partial charge in [0.1, 0.15) is 5.78 Å². The summed E-state index contributed by atoms with van der Waals surface area (Å²) in [5.41, 5.74) is -0.172. The Balaban J connectivity index is 1.90. The van der Waals surface area contributed by atoms with Crippen molar-refractivity contribution in [2.24, 2.45) is 16.7 Å². The number of esters is 1. The van der Waals surface area contributed by atoms with Crippen LogP contribution in [0.3, 0.4) is 0 Å². The third-order valence-corrected chi connectivity index (χ3v) is 6.23. The molecule has 0 heterocycles. The van der Waals surface area contributed by atoms with Crippen molar-refractivity contribution in [3.8, 4) is 0 Å². The molecule has 2 atom stereocenters. The zero-order chi connectivity index (χ0) is 18.8. The SMILES string of the molecule is C[C@H]1CC[C@](C)(C(=O)CCOC(=O)c2ccc(N([O-])O)cc2)C1(C)C. The minimum absolute atomic E-state index is 0.0252. The van der Waals surface area contributed by atoms with Gasteiger partial charge in [0.2, 0.25) is 0 Å². The quantitative estimate of drug-likeness (QED) is 0.618. The standard InChI is InChI=1S/C19H26NO5/c1-13-9-11-19(4,18(13,2)3)16(21)10-12-25-17(22)14-5-7-15(8-6-14)20(23)24/h5-8,13,23H,9-12H2,1-4H3/q-1/t13-,19+/m0/s1. The van der Waals surface area contributed by atoms with Gasteiger partial charge in [-0.05, 0) is 48.4 Å². The van der Waals surface area contributed by atoms with Gasteiger partial charge in [0.25, 0.3) is 0 Å². The van der Waals surface area contributed by atoms with Gasteiger partial charge in [-0.3, -0.25) is 10.0 Å². The average molecular weight is 348 g/mol. The number of carbonyl (C=O) groups is 2. The van der Waals surface area contributed by atoms with Crippen molar-refractivity contribution in [3.63, 3.8) is 0 Å². The van der Waals surface area contributed by atoms with Crippen LogP contribution in [0.4, 0.5) is 5.69 Å². The van der Waals surface area contributed by atoms with Gasteiger partial charge in [-0.1, -0.05) is 27.7 Å². The molecule has 0 saturated heterocycles. The lowest BCUT2D eigenvalue weighted by Gasteiger charge is -2.39. The molecule has 6 nitrogen and oxygen atoms in total. The molecule has 6 heteroatoms. The maximum Gasteiger partial charge on any atom is 0.338 e. The van der Waals surface area contributed by atoms with Crippen molar-refractivity contribution >= 4 is 17.4 Å². The molecule has 1 aromatic rings. The molecule has 0 aliphatic heterocycles. The number of anilines is 1. The summed E-state index contributed by atoms with van der Waals surface area (Å²) in [5.74, 6) is 0.0563. The number of Topliss-reactive ketones (excluding diaryl/α,β-unsaturated/α-hetero) is 1. The second-order valence-corrected chi connectivity index (χ2v) is 7.62. The molecule has 0 bridgehead atoms. The second kappa shape index (κ2) is 7.14. The number of nitrogens with zero attached hydrogens (tertiary/aromatic N) is 1. The Morgan fingerprint density at radius 2 is 1.88 bits per heavy atom. The van der Waals surface area contributed by atoms with Crippen molar-refractivity contribution < 1.29 is 19.5 Å². The fraction of sp³-hybridized carbons (Fsp3) is 0.579. The molecule has 138 valence electrons. The number of ketones is 1. The van der Waals surface area contributed by atoms with E-state index in [4.69, 9.17) is 9.94 Å². The highest BCUT2D eigenvalue weighted by Gasteiger charge is 2.53. The largest absolute Gasteiger partial charge is 0.733 e. The van der Waals surface area contributed by atoms with E-state index >= 15 is 0 Å². The fourth-order valence-electron chi connectivity index (χ4n) is 3.55. The summed E-state index contributed by atoms with van der Waals surface area (Å²) in [5, 5.41) is 19.2. The van der Waals surface area contributed by atoms with Crippen LogP contribution in [0.1, 0.15) is 57.3 Å². The van der Waals surface area contributed by atoms with Crippen LogP contribution >= 0.6 is 0 Å². The number of hydrogen-bond donors (Lipinski definition) is 1. The van der Waals surface area contributed by atoms with E-state index in [0.29, 0.717) is 5.92 Å². The fourth-order valence-corrected chi connectivity index (χ4v) is 3.55. The zero-order valence-corrected chi connectivity index (χ0v) is 15.2. The van der Waals surface area contributed by atoms with Crippen LogP contribution in [-0.2, 0) is 9.53 Å². The van der Waals surface area contributed by atoms with Crippen molar-refractivity contribution in [2.75, 3.05) is 11.8 Å². The average Bonchev–Trinajstić information content (AvgIpc) is 2.78. The van der Waals surface area contributed by atoms with Gasteiger partial charge in [-0.15, -0.1) is 0 Å². The first kappa shape index (κ1) is 19.4. The topological polar surface area (TPSA) is 89.9 Å². The van der Waals surface area contributed by atoms with Crippen LogP contribution in [0.25, 0.3) is 0 Å². The molecular formula is C19H26NO5-. The monoisotopic (exact) mass is 348 g/mol. The van der Waals surface area contributed by atoms with E-state index in [1.54, 1.807) is 0 Å². The van der Waals surface area contributed by atoms with Gasteiger partial charge in [-0.2, -0.15) is 0 Å². The molecule has 1 fully saturated rings. The highest BCUT2D eigenvalue weighted by Crippen LogP contribution is 2.56. The summed E-state index contributed by atoms with van der Waals surface area (Å²) in [6.07, 6.45) is 2.09. The van der Waals surface area contributed by atoms with E-state index in [0.717, 1.165) is 12.8 Å². The van der Waals surface area contributed by atoms with E-state index in [1.807, 2.05) is 6.92 Å². The predicted molar refractivity (Wildman–Crippen MR) is 94.3 cm³/mol. The second-order valence-electron chi connectivity index (χ2n) is 7.62. The Morgan fingerprint density at radius 3 is 2.36 bits per heavy atom. The lowest BCUT2D eigenvalue weighted by atomic mass is 9.63. The Morgan fingerprint density at radius 1 is 1.28 bits per heavy atom. The zero-order valence-electron chi connectivity index (χ0n) is 15.2. The maximum atomic E-state index is 12.7. The van der Waals surface area contributed by atoms with Crippen LogP contribution < -0.4 is 5.23 Å². The lowest BCUT2D eigenvalue weighted by molar-refractivity contribution is -0.134. The minimum atomic E-state index is -0.557. The van der Waals surface area contributed by atoms with Gasteiger partial charge in [0.15, 0.2) is 0 Å². The van der Waals surface area contributed by atoms with Crippen LogP contribution in [-0.4, -0.2) is 23.6 Å². The first-order chi connectivity index (χ1) is 11.6. The minimum Gasteiger partial charge on any atom is -0.733 e. The Bertz CT molecular complexity index is 638. The van der Waals surface area contributed by atoms with Gasteiger partial charge < -0.3 is 15.2 Å². The van der Waals surface area contributed by atoms with Gasteiger partial charge in [0, 0.05) is 11.8 Å². The van der Waals surface area contributed by atoms with Gasteiger partial charge in [-0.25, -0.2) is 4.79 Å². The third kappa shape index (κ3) is 3.70. The summed E-state index contributed by atoms with van der Waals surface area (Å²) in [6.45, 7) is 8.50. The van der Waals surface area contributed by atoms with E-state index in [9.17, 15) is 14.8 Å². The Labute approximate surface area is 148 Å². The van der Waals surface area contributed by atoms with Crippen molar-refractivity contribution in [1.82, 2.24) is 0 Å². The summed E-state index contributed by atoms with van der Waals surface area (Å²) in [4.78, 5) is 24.7. The summed E-state index contributed by atoms with van der Waals surface area (Å²) < 4.78 is 5.18. The third-order valence-electron chi connectivity index (χ3n) is 6.23. The van der Waals surface area contributed by atoms with Crippen LogP contribution in [0.5, 0.6) is 0 Å². The molecule has 1 N–H and O–H groups in total. The Kier molecular flexibility index (Phi) is 5.54. The highest BCUT2D eigenvalue weighted by molar-refractivity contribution is 5.90. The van der Waals surface area contributed by atoms with Crippen LogP contribution in [0.15, 0.2) is 24.3 Å². The Hall–Kier alpha value is -1.92. The molecule has 0 spiro atoms. The molecule has 0 amide bonds. The summed E-state index contributed by atoms with van der Waals surface area (Å²) in [7, 11) is 0. The smallest absolute Gasteiger partial charge is 0.338 e. The summed E-state index contributed by atoms with van der Waals surface area (Å²) in [6, 6.07) is 5.42. The van der Waals surface area contributed by atoms with Crippen molar-refractivity contribution in [1.29, 1.82) is 0 Å². The van der Waals surface area contributed by atoms with Crippen molar-refractivity contribution in [3.05, 3.63) is 35.0 Å². The maximum absolute atomic E-state index is 12.7.